The molecule has 2 aliphatic heterocycles. The highest BCUT2D eigenvalue weighted by molar-refractivity contribution is 8.00. The predicted octanol–water partition coefficient (Wildman–Crippen LogP) is 3.98. The molecule has 3 unspecified atom stereocenters. The van der Waals surface area contributed by atoms with Crippen molar-refractivity contribution in [3.63, 3.8) is 0 Å². The number of rotatable bonds is 15. The summed E-state index contributed by atoms with van der Waals surface area (Å²) in [5.41, 5.74) is 1.13. The summed E-state index contributed by atoms with van der Waals surface area (Å²) in [4.78, 5) is 61.1. The van der Waals surface area contributed by atoms with Crippen LogP contribution in [0, 0.1) is 0 Å². The number of esters is 1. The van der Waals surface area contributed by atoms with Crippen molar-refractivity contribution < 1.29 is 23.9 Å². The van der Waals surface area contributed by atoms with Gasteiger partial charge in [0.25, 0.3) is 5.91 Å². The summed E-state index contributed by atoms with van der Waals surface area (Å²) < 4.78 is 5.59. The molecule has 4 heterocycles. The van der Waals surface area contributed by atoms with Crippen molar-refractivity contribution in [1.29, 1.82) is 0 Å². The molecule has 2 fully saturated rings. The Balaban J connectivity index is 0.950. The average Bonchev–Trinajstić information content (AvgIpc) is 3.58. The van der Waals surface area contributed by atoms with Gasteiger partial charge in [0, 0.05) is 60.4 Å². The monoisotopic (exact) mass is 619 g/mol. The number of urea groups is 1. The molecule has 3 aromatic rings. The number of hydrogen-bond donors (Lipinski definition) is 4. The van der Waals surface area contributed by atoms with Crippen LogP contribution in [0.5, 0.6) is 5.75 Å². The summed E-state index contributed by atoms with van der Waals surface area (Å²) in [5, 5.41) is 12.9. The molecule has 0 radical (unpaired) electrons. The number of ether oxygens (including phenoxy) is 1. The van der Waals surface area contributed by atoms with Gasteiger partial charge in [-0.15, -0.1) is 0 Å². The van der Waals surface area contributed by atoms with Crippen molar-refractivity contribution in [2.75, 3.05) is 17.6 Å². The Morgan fingerprint density at radius 3 is 2.70 bits per heavy atom. The van der Waals surface area contributed by atoms with Crippen LogP contribution in [0.4, 0.5) is 10.5 Å². The molecule has 2 aliphatic rings. The number of unbranched alkanes of at least 4 members (excludes halogenated alkanes) is 4. The van der Waals surface area contributed by atoms with Crippen molar-refractivity contribution >= 4 is 52.2 Å². The zero-order valence-electron chi connectivity index (χ0n) is 24.4. The first-order valence-corrected chi connectivity index (χ1v) is 16.1. The highest BCUT2D eigenvalue weighted by Gasteiger charge is 2.42. The molecule has 13 heteroatoms. The van der Waals surface area contributed by atoms with Gasteiger partial charge in [0.1, 0.15) is 11.4 Å². The number of anilines is 1. The van der Waals surface area contributed by atoms with E-state index in [9.17, 15) is 19.2 Å². The lowest BCUT2D eigenvalue weighted by Gasteiger charge is -2.16. The van der Waals surface area contributed by atoms with Gasteiger partial charge in [-0.1, -0.05) is 25.3 Å². The van der Waals surface area contributed by atoms with Crippen LogP contribution < -0.4 is 26.0 Å². The van der Waals surface area contributed by atoms with Gasteiger partial charge < -0.3 is 26.0 Å². The van der Waals surface area contributed by atoms with E-state index in [-0.39, 0.29) is 42.1 Å². The van der Waals surface area contributed by atoms with E-state index in [4.69, 9.17) is 4.74 Å². The van der Waals surface area contributed by atoms with Crippen LogP contribution >= 0.6 is 11.8 Å². The second-order valence-corrected chi connectivity index (χ2v) is 12.2. The van der Waals surface area contributed by atoms with Crippen LogP contribution in [-0.4, -0.2) is 68.4 Å². The van der Waals surface area contributed by atoms with Gasteiger partial charge in [-0.25, -0.2) is 9.78 Å². The number of carbonyl (C=O) groups excluding carboxylic acids is 4. The summed E-state index contributed by atoms with van der Waals surface area (Å²) in [6, 6.07) is 7.28. The number of amides is 4. The summed E-state index contributed by atoms with van der Waals surface area (Å²) in [5.74, 6) is 0.540. The number of aromatic nitrogens is 3. The van der Waals surface area contributed by atoms with Crippen LogP contribution in [0.25, 0.3) is 10.9 Å². The van der Waals surface area contributed by atoms with E-state index < -0.39 is 5.91 Å². The molecular weight excluding hydrogens is 582 g/mol. The molecule has 3 atom stereocenters. The normalized spacial score (nSPS) is 18.7. The fourth-order valence-corrected chi connectivity index (χ4v) is 6.99. The van der Waals surface area contributed by atoms with Gasteiger partial charge in [0.2, 0.25) is 5.91 Å². The molecule has 0 aliphatic carbocycles. The molecular formula is C31H37N7O5S. The van der Waals surface area contributed by atoms with E-state index in [1.807, 2.05) is 17.8 Å². The Labute approximate surface area is 259 Å². The minimum atomic E-state index is -0.444. The summed E-state index contributed by atoms with van der Waals surface area (Å²) in [7, 11) is 0. The van der Waals surface area contributed by atoms with Crippen molar-refractivity contribution in [2.45, 2.75) is 75.1 Å². The lowest BCUT2D eigenvalue weighted by Crippen LogP contribution is -2.36. The Hall–Kier alpha value is -4.26. The summed E-state index contributed by atoms with van der Waals surface area (Å²) >= 11 is 1.90. The zero-order valence-corrected chi connectivity index (χ0v) is 25.2. The topological polar surface area (TPSA) is 164 Å². The molecule has 1 aromatic carbocycles. The molecule has 2 saturated heterocycles. The van der Waals surface area contributed by atoms with E-state index in [0.717, 1.165) is 49.7 Å². The fourth-order valence-electron chi connectivity index (χ4n) is 5.44. The minimum Gasteiger partial charge on any atom is -0.426 e. The number of nitrogens with zero attached hydrogens (tertiary/aromatic N) is 3. The first-order chi connectivity index (χ1) is 21.5. The number of nitrogens with one attached hydrogen (secondary N) is 4. The minimum absolute atomic E-state index is 0.0681. The lowest BCUT2D eigenvalue weighted by atomic mass is 10.0. The first kappa shape index (κ1) is 31.2. The molecule has 4 amide bonds. The fraction of sp³-hybridized carbons (Fsp3) is 0.452. The van der Waals surface area contributed by atoms with Crippen LogP contribution in [0.2, 0.25) is 0 Å². The maximum atomic E-state index is 12.6. The number of carbonyl (C=O) groups is 4. The average molecular weight is 620 g/mol. The van der Waals surface area contributed by atoms with E-state index in [1.165, 1.54) is 18.6 Å². The third-order valence-electron chi connectivity index (χ3n) is 7.66. The Morgan fingerprint density at radius 2 is 1.84 bits per heavy atom. The molecule has 4 N–H and O–H groups in total. The van der Waals surface area contributed by atoms with Crippen LogP contribution in [0.3, 0.4) is 0 Å². The van der Waals surface area contributed by atoms with Gasteiger partial charge in [0.05, 0.1) is 29.5 Å². The van der Waals surface area contributed by atoms with Gasteiger partial charge in [-0.3, -0.25) is 24.4 Å². The third kappa shape index (κ3) is 8.65. The lowest BCUT2D eigenvalue weighted by molar-refractivity contribution is -0.134. The van der Waals surface area contributed by atoms with Gasteiger partial charge >= 0.3 is 12.0 Å². The van der Waals surface area contributed by atoms with E-state index in [2.05, 4.69) is 36.2 Å². The van der Waals surface area contributed by atoms with E-state index in [1.54, 1.807) is 24.4 Å². The molecule has 0 saturated carbocycles. The molecule has 0 bridgehead atoms. The molecule has 12 nitrogen and oxygen atoms in total. The van der Waals surface area contributed by atoms with Crippen LogP contribution in [0.15, 0.2) is 49.1 Å². The maximum Gasteiger partial charge on any atom is 0.315 e. The Kier molecular flexibility index (Phi) is 11.0. The molecule has 2 aromatic heterocycles. The van der Waals surface area contributed by atoms with E-state index >= 15 is 0 Å². The van der Waals surface area contributed by atoms with Crippen LogP contribution in [0.1, 0.15) is 68.3 Å². The molecule has 232 valence electrons. The number of hydrogen-bond acceptors (Lipinski definition) is 9. The highest BCUT2D eigenvalue weighted by atomic mass is 32.2. The van der Waals surface area contributed by atoms with Crippen molar-refractivity contribution in [2.24, 2.45) is 0 Å². The predicted molar refractivity (Wildman–Crippen MR) is 167 cm³/mol. The molecule has 0 spiro atoms. The number of benzene rings is 1. The highest BCUT2D eigenvalue weighted by Crippen LogP contribution is 2.33. The SMILES string of the molecule is O=C(CCCCC1SCC2NC(=O)NC21)NCCCCCCC(=O)Oc1cc(NC(=O)c2cnccn2)c2ncccc2c1. The van der Waals surface area contributed by atoms with E-state index in [0.29, 0.717) is 41.6 Å². The second kappa shape index (κ2) is 15.5. The quantitative estimate of drug-likeness (QED) is 0.0853. The molecule has 5 rings (SSSR count). The number of fused-ring (bicyclic) bond motifs is 2. The van der Waals surface area contributed by atoms with Crippen molar-refractivity contribution in [1.82, 2.24) is 30.9 Å². The Morgan fingerprint density at radius 1 is 0.977 bits per heavy atom. The van der Waals surface area contributed by atoms with Gasteiger partial charge in [0.15, 0.2) is 0 Å². The van der Waals surface area contributed by atoms with Crippen molar-refractivity contribution in [3.05, 3.63) is 54.7 Å². The second-order valence-electron chi connectivity index (χ2n) is 10.9. The largest absolute Gasteiger partial charge is 0.426 e. The first-order valence-electron chi connectivity index (χ1n) is 15.1. The zero-order chi connectivity index (χ0) is 30.7. The van der Waals surface area contributed by atoms with Gasteiger partial charge in [-0.2, -0.15) is 11.8 Å². The standard InChI is InChI=1S/C31H37N7O5S/c39-26(10-5-4-9-25-29-24(19-44-25)37-31(42)38-29)34-12-6-2-1-3-11-27(40)43-21-16-20-8-7-13-35-28(20)22(17-21)36-30(41)23-18-32-14-15-33-23/h7-8,13-18,24-25,29H,1-6,9-12,19H2,(H,34,39)(H,36,41)(H2,37,38,42). The third-order valence-corrected chi connectivity index (χ3v) is 9.17. The Bertz CT molecular complexity index is 1470. The summed E-state index contributed by atoms with van der Waals surface area (Å²) in [6.45, 7) is 0.622. The summed E-state index contributed by atoms with van der Waals surface area (Å²) in [6.07, 6.45) is 12.8. The van der Waals surface area contributed by atoms with Gasteiger partial charge in [-0.05, 0) is 37.8 Å². The smallest absolute Gasteiger partial charge is 0.315 e. The van der Waals surface area contributed by atoms with Crippen molar-refractivity contribution in [3.8, 4) is 5.75 Å². The molecule has 44 heavy (non-hydrogen) atoms. The number of thioether (sulfide) groups is 1. The van der Waals surface area contributed by atoms with Crippen LogP contribution in [-0.2, 0) is 9.59 Å². The maximum absolute atomic E-state index is 12.6. The number of pyridine rings is 1.